The van der Waals surface area contributed by atoms with Crippen LogP contribution in [0.5, 0.6) is 0 Å². The summed E-state index contributed by atoms with van der Waals surface area (Å²) >= 11 is 6.87. The molecular formula is C24H27Br2NO10. The summed E-state index contributed by atoms with van der Waals surface area (Å²) in [5.74, 6) is -3.62. The highest BCUT2D eigenvalue weighted by Gasteiger charge is 2.74. The van der Waals surface area contributed by atoms with Gasteiger partial charge in [0.1, 0.15) is 12.7 Å². The number of rotatable bonds is 9. The molecule has 3 rings (SSSR count). The number of carbonyl (C=O) groups is 5. The predicted octanol–water partition coefficient (Wildman–Crippen LogP) is 2.72. The Morgan fingerprint density at radius 3 is 2.08 bits per heavy atom. The largest absolute Gasteiger partial charge is 0.463 e. The quantitative estimate of drug-likeness (QED) is 0.170. The minimum Gasteiger partial charge on any atom is -0.463 e. The number of nitrogens with zero attached hydrogens (tertiary/aromatic N) is 1. The van der Waals surface area contributed by atoms with Crippen LogP contribution in [-0.2, 0) is 38.1 Å². The summed E-state index contributed by atoms with van der Waals surface area (Å²) in [7, 11) is 0. The molecule has 0 unspecified atom stereocenters. The second kappa shape index (κ2) is 11.6. The highest BCUT2D eigenvalue weighted by atomic mass is 79.9. The lowest BCUT2D eigenvalue weighted by Crippen LogP contribution is -2.81. The van der Waals surface area contributed by atoms with Gasteiger partial charge in [-0.3, -0.25) is 28.9 Å². The van der Waals surface area contributed by atoms with E-state index in [2.05, 4.69) is 31.9 Å². The molecule has 2 heterocycles. The van der Waals surface area contributed by atoms with Crippen LogP contribution in [0.2, 0.25) is 0 Å². The van der Waals surface area contributed by atoms with Crippen LogP contribution in [0.25, 0.3) is 0 Å². The molecule has 2 aliphatic heterocycles. The Morgan fingerprint density at radius 1 is 1.03 bits per heavy atom. The van der Waals surface area contributed by atoms with Crippen LogP contribution in [0, 0.1) is 0 Å². The van der Waals surface area contributed by atoms with E-state index in [9.17, 15) is 24.0 Å². The maximum absolute atomic E-state index is 13.7. The van der Waals surface area contributed by atoms with Gasteiger partial charge in [0.25, 0.3) is 11.8 Å². The summed E-state index contributed by atoms with van der Waals surface area (Å²) in [5.41, 5.74) is -1.68. The van der Waals surface area contributed by atoms with Crippen LogP contribution in [0.4, 0.5) is 0 Å². The SMILES string of the molecule is CCCO[C@@H]1O[C@H](COC(C)=O)[C@@H](OC(C)=O)[C@](Br)(OC(C)=O)[C@@]1(CBr)N1C(=O)c2ccccc2C1=O. The van der Waals surface area contributed by atoms with E-state index in [-0.39, 0.29) is 23.1 Å². The third-order valence-corrected chi connectivity index (χ3v) is 8.04. The number of fused-ring (bicyclic) bond motifs is 1. The van der Waals surface area contributed by atoms with Crippen molar-refractivity contribution in [3.63, 3.8) is 0 Å². The van der Waals surface area contributed by atoms with Crippen molar-refractivity contribution in [1.29, 1.82) is 0 Å². The summed E-state index contributed by atoms with van der Waals surface area (Å²) in [6.07, 6.45) is -3.59. The van der Waals surface area contributed by atoms with Crippen LogP contribution >= 0.6 is 31.9 Å². The molecule has 1 saturated heterocycles. The fraction of sp³-hybridized carbons (Fsp3) is 0.542. The Kier molecular flexibility index (Phi) is 9.14. The fourth-order valence-corrected chi connectivity index (χ4v) is 6.85. The number of alkyl halides is 2. The lowest BCUT2D eigenvalue weighted by Gasteiger charge is -2.58. The van der Waals surface area contributed by atoms with E-state index in [1.807, 2.05) is 6.92 Å². The minimum atomic E-state index is -2.10. The van der Waals surface area contributed by atoms with E-state index in [0.29, 0.717) is 6.42 Å². The number of hydrogen-bond acceptors (Lipinski definition) is 10. The van der Waals surface area contributed by atoms with Crippen LogP contribution in [0.15, 0.2) is 24.3 Å². The van der Waals surface area contributed by atoms with Crippen molar-refractivity contribution in [2.75, 3.05) is 18.5 Å². The Morgan fingerprint density at radius 2 is 1.62 bits per heavy atom. The van der Waals surface area contributed by atoms with Crippen molar-refractivity contribution in [2.24, 2.45) is 0 Å². The zero-order valence-corrected chi connectivity index (χ0v) is 23.8. The van der Waals surface area contributed by atoms with Crippen molar-refractivity contribution in [1.82, 2.24) is 4.90 Å². The standard InChI is InChI=1S/C24H27Br2NO10/c1-5-10-33-22-23(12-25,27-20(31)16-8-6-7-9-17(16)21(27)32)24(26,37-15(4)30)19(35-14(3)29)18(36-22)11-34-13(2)28/h6-9,18-19,22H,5,10-12H2,1-4H3/t18-,19-,22-,23+,24+/m1/s1. The summed E-state index contributed by atoms with van der Waals surface area (Å²) in [6.45, 7) is 4.99. The van der Waals surface area contributed by atoms with E-state index in [1.54, 1.807) is 12.1 Å². The highest BCUT2D eigenvalue weighted by molar-refractivity contribution is 9.10. The summed E-state index contributed by atoms with van der Waals surface area (Å²) in [4.78, 5) is 64.6. The molecule has 37 heavy (non-hydrogen) atoms. The van der Waals surface area contributed by atoms with Crippen molar-refractivity contribution in [2.45, 2.75) is 62.7 Å². The molecule has 2 aliphatic rings. The van der Waals surface area contributed by atoms with Crippen LogP contribution in [-0.4, -0.2) is 81.7 Å². The monoisotopic (exact) mass is 647 g/mol. The Hall–Kier alpha value is -2.35. The number of carbonyl (C=O) groups excluding carboxylic acids is 5. The molecule has 5 atom stereocenters. The molecule has 0 saturated carbocycles. The third kappa shape index (κ3) is 5.18. The van der Waals surface area contributed by atoms with Crippen molar-refractivity contribution in [3.8, 4) is 0 Å². The van der Waals surface area contributed by atoms with Crippen LogP contribution in [0.1, 0.15) is 54.8 Å². The smallest absolute Gasteiger partial charge is 0.304 e. The van der Waals surface area contributed by atoms with Gasteiger partial charge in [-0.15, -0.1) is 0 Å². The van der Waals surface area contributed by atoms with Gasteiger partial charge in [-0.05, 0) is 34.5 Å². The Balaban J connectivity index is 2.29. The van der Waals surface area contributed by atoms with E-state index >= 15 is 0 Å². The number of ether oxygens (including phenoxy) is 5. The molecule has 11 nitrogen and oxygen atoms in total. The molecule has 202 valence electrons. The number of benzene rings is 1. The molecular weight excluding hydrogens is 622 g/mol. The van der Waals surface area contributed by atoms with Gasteiger partial charge in [0.2, 0.25) is 4.51 Å². The zero-order valence-electron chi connectivity index (χ0n) is 20.7. The minimum absolute atomic E-state index is 0.129. The first-order valence-electron chi connectivity index (χ1n) is 11.4. The first-order chi connectivity index (χ1) is 17.4. The average molecular weight is 649 g/mol. The predicted molar refractivity (Wildman–Crippen MR) is 134 cm³/mol. The molecule has 0 radical (unpaired) electrons. The normalized spacial score (nSPS) is 29.0. The van der Waals surface area contributed by atoms with Gasteiger partial charge in [0.05, 0.1) is 11.1 Å². The second-order valence-electron chi connectivity index (χ2n) is 8.50. The first-order valence-corrected chi connectivity index (χ1v) is 13.4. The topological polar surface area (TPSA) is 135 Å². The van der Waals surface area contributed by atoms with Gasteiger partial charge >= 0.3 is 17.9 Å². The molecule has 13 heteroatoms. The van der Waals surface area contributed by atoms with Gasteiger partial charge in [-0.25, -0.2) is 0 Å². The Labute approximate surface area is 230 Å². The summed E-state index contributed by atoms with van der Waals surface area (Å²) in [5, 5.41) is -0.226. The van der Waals surface area contributed by atoms with Gasteiger partial charge in [0, 0.05) is 32.7 Å². The molecule has 0 bridgehead atoms. The first kappa shape index (κ1) is 29.2. The van der Waals surface area contributed by atoms with E-state index in [0.717, 1.165) is 18.7 Å². The van der Waals surface area contributed by atoms with Crippen molar-refractivity contribution >= 4 is 61.6 Å². The van der Waals surface area contributed by atoms with Crippen molar-refractivity contribution < 1.29 is 47.7 Å². The van der Waals surface area contributed by atoms with Crippen LogP contribution in [0.3, 0.4) is 0 Å². The Bertz CT molecular complexity index is 1060. The van der Waals surface area contributed by atoms with Gasteiger partial charge in [-0.1, -0.05) is 35.0 Å². The number of esters is 3. The molecule has 2 amide bonds. The lowest BCUT2D eigenvalue weighted by molar-refractivity contribution is -0.317. The van der Waals surface area contributed by atoms with Crippen LogP contribution < -0.4 is 0 Å². The summed E-state index contributed by atoms with van der Waals surface area (Å²) in [6, 6.07) is 6.22. The number of imide groups is 1. The number of hydrogen-bond donors (Lipinski definition) is 0. The molecule has 1 aromatic rings. The van der Waals surface area contributed by atoms with E-state index in [4.69, 9.17) is 23.7 Å². The zero-order chi connectivity index (χ0) is 27.5. The third-order valence-electron chi connectivity index (χ3n) is 5.89. The lowest BCUT2D eigenvalue weighted by atomic mass is 9.82. The molecule has 0 aromatic heterocycles. The second-order valence-corrected chi connectivity index (χ2v) is 10.2. The highest BCUT2D eigenvalue weighted by Crippen LogP contribution is 2.53. The van der Waals surface area contributed by atoms with Gasteiger partial charge in [0.15, 0.2) is 17.9 Å². The molecule has 0 spiro atoms. The molecule has 0 aliphatic carbocycles. The number of amides is 2. The van der Waals surface area contributed by atoms with Crippen molar-refractivity contribution in [3.05, 3.63) is 35.4 Å². The fourth-order valence-electron chi connectivity index (χ4n) is 4.43. The maximum atomic E-state index is 13.7. The molecule has 1 aromatic carbocycles. The number of halogens is 2. The average Bonchev–Trinajstić information content (AvgIpc) is 3.08. The molecule has 1 fully saturated rings. The maximum Gasteiger partial charge on any atom is 0.304 e. The van der Waals surface area contributed by atoms with Gasteiger partial charge in [-0.2, -0.15) is 0 Å². The van der Waals surface area contributed by atoms with E-state index < -0.39 is 64.9 Å². The molecule has 0 N–H and O–H groups in total. The summed E-state index contributed by atoms with van der Waals surface area (Å²) < 4.78 is 26.6. The van der Waals surface area contributed by atoms with E-state index in [1.165, 1.54) is 19.1 Å². The van der Waals surface area contributed by atoms with Gasteiger partial charge < -0.3 is 23.7 Å².